The molecule has 0 spiro atoms. The molecule has 0 amide bonds. The lowest BCUT2D eigenvalue weighted by Crippen LogP contribution is -2.30. The number of hydrogen-bond acceptors (Lipinski definition) is 2. The van der Waals surface area contributed by atoms with Crippen molar-refractivity contribution in [1.29, 1.82) is 0 Å². The Morgan fingerprint density at radius 2 is 1.10 bits per heavy atom. The van der Waals surface area contributed by atoms with Gasteiger partial charge in [0.05, 0.1) is 27.3 Å². The third kappa shape index (κ3) is 3.56. The van der Waals surface area contributed by atoms with Crippen LogP contribution in [0.3, 0.4) is 0 Å². The van der Waals surface area contributed by atoms with Gasteiger partial charge < -0.3 is 4.57 Å². The van der Waals surface area contributed by atoms with E-state index in [0.29, 0.717) is 16.3 Å². The van der Waals surface area contributed by atoms with Gasteiger partial charge in [-0.3, -0.25) is 0 Å². The molecular weight excluding hydrogens is 524 g/mol. The predicted molar refractivity (Wildman–Crippen MR) is 167 cm³/mol. The molecule has 0 unspecified atom stereocenters. The van der Waals surface area contributed by atoms with Gasteiger partial charge in [0.1, 0.15) is 0 Å². The van der Waals surface area contributed by atoms with Crippen LogP contribution in [0.4, 0.5) is 11.4 Å². The highest BCUT2D eigenvalue weighted by Gasteiger charge is 2.35. The van der Waals surface area contributed by atoms with E-state index >= 15 is 0 Å². The van der Waals surface area contributed by atoms with Crippen molar-refractivity contribution in [3.8, 4) is 27.9 Å². The molecule has 7 aromatic rings. The van der Waals surface area contributed by atoms with Crippen molar-refractivity contribution in [1.82, 2.24) is 4.57 Å². The van der Waals surface area contributed by atoms with Crippen molar-refractivity contribution in [3.63, 3.8) is 0 Å². The van der Waals surface area contributed by atoms with Crippen molar-refractivity contribution < 1.29 is 8.42 Å². The number of para-hydroxylation sites is 3. The molecule has 8 rings (SSSR count). The average molecular weight is 549 g/mol. The number of anilines is 2. The second kappa shape index (κ2) is 8.95. The second-order valence-corrected chi connectivity index (χ2v) is 12.0. The Labute approximate surface area is 238 Å². The summed E-state index contributed by atoms with van der Waals surface area (Å²) in [6, 6.07) is 48.1. The highest BCUT2D eigenvalue weighted by atomic mass is 32.2. The van der Waals surface area contributed by atoms with E-state index in [2.05, 4.69) is 71.3 Å². The molecule has 0 fully saturated rings. The Hall–Kier alpha value is -5.13. The van der Waals surface area contributed by atoms with E-state index in [1.807, 2.05) is 66.7 Å². The molecule has 0 N–H and O–H groups in total. The molecule has 0 saturated carbocycles. The number of aromatic nitrogens is 1. The summed E-state index contributed by atoms with van der Waals surface area (Å²) in [6.45, 7) is 0. The van der Waals surface area contributed by atoms with Gasteiger partial charge in [0, 0.05) is 27.6 Å². The number of benzene rings is 6. The smallest absolute Gasteiger partial charge is 0.269 e. The topological polar surface area (TPSA) is 42.3 Å². The Balaban J connectivity index is 1.24. The number of sulfonamides is 1. The normalized spacial score (nSPS) is 13.7. The van der Waals surface area contributed by atoms with E-state index in [1.54, 1.807) is 12.1 Å². The molecule has 0 atom stereocenters. The number of hydrogen-bond donors (Lipinski definition) is 0. The summed E-state index contributed by atoms with van der Waals surface area (Å²) >= 11 is 0. The summed E-state index contributed by atoms with van der Waals surface area (Å²) in [5, 5.41) is 2.37. The summed E-state index contributed by atoms with van der Waals surface area (Å²) < 4.78 is 31.4. The molecule has 0 bridgehead atoms. The molecule has 41 heavy (non-hydrogen) atoms. The van der Waals surface area contributed by atoms with E-state index in [1.165, 1.54) is 15.1 Å². The predicted octanol–water partition coefficient (Wildman–Crippen LogP) is 8.96. The summed E-state index contributed by atoms with van der Waals surface area (Å²) in [5.41, 5.74) is 8.44. The molecule has 1 aromatic heterocycles. The summed E-state index contributed by atoms with van der Waals surface area (Å²) in [6.07, 6.45) is 0. The number of rotatable bonds is 3. The van der Waals surface area contributed by atoms with Gasteiger partial charge in [0.2, 0.25) is 0 Å². The monoisotopic (exact) mass is 548 g/mol. The zero-order valence-electron chi connectivity index (χ0n) is 22.0. The van der Waals surface area contributed by atoms with Crippen LogP contribution in [0.1, 0.15) is 0 Å². The molecule has 4 nitrogen and oxygen atoms in total. The van der Waals surface area contributed by atoms with Gasteiger partial charge in [0.15, 0.2) is 0 Å². The van der Waals surface area contributed by atoms with Crippen LogP contribution in [0.5, 0.6) is 0 Å². The number of nitrogens with zero attached hydrogens (tertiary/aromatic N) is 2. The van der Waals surface area contributed by atoms with Crippen LogP contribution in [0.15, 0.2) is 150 Å². The first kappa shape index (κ1) is 23.7. The van der Waals surface area contributed by atoms with E-state index in [4.69, 9.17) is 0 Å². The molecule has 0 saturated heterocycles. The van der Waals surface area contributed by atoms with E-state index < -0.39 is 10.0 Å². The van der Waals surface area contributed by atoms with Gasteiger partial charge in [-0.05, 0) is 65.7 Å². The summed E-state index contributed by atoms with van der Waals surface area (Å²) in [4.78, 5) is 0.322. The molecular formula is C36H24N2O2S. The third-order valence-corrected chi connectivity index (χ3v) is 9.74. The van der Waals surface area contributed by atoms with Crippen LogP contribution in [0.2, 0.25) is 0 Å². The van der Waals surface area contributed by atoms with Crippen molar-refractivity contribution in [2.24, 2.45) is 0 Å². The van der Waals surface area contributed by atoms with Crippen LogP contribution < -0.4 is 4.31 Å². The van der Waals surface area contributed by atoms with Gasteiger partial charge in [-0.15, -0.1) is 0 Å². The SMILES string of the molecule is O=S1(=O)c2ccccc2-c2ccccc2N1c1ccc(-c2ccc3c(c2)c2ccccc2n3-c2ccccc2)cc1. The molecule has 1 aliphatic rings. The van der Waals surface area contributed by atoms with E-state index in [-0.39, 0.29) is 0 Å². The second-order valence-electron chi connectivity index (χ2n) is 10.2. The first-order chi connectivity index (χ1) is 20.1. The first-order valence-electron chi connectivity index (χ1n) is 13.5. The van der Waals surface area contributed by atoms with Crippen molar-refractivity contribution in [2.75, 3.05) is 4.31 Å². The Morgan fingerprint density at radius 3 is 1.93 bits per heavy atom. The quantitative estimate of drug-likeness (QED) is 0.221. The lowest BCUT2D eigenvalue weighted by atomic mass is 10.0. The van der Waals surface area contributed by atoms with Gasteiger partial charge in [-0.1, -0.05) is 91.0 Å². The van der Waals surface area contributed by atoms with Gasteiger partial charge in [-0.25, -0.2) is 12.7 Å². The zero-order chi connectivity index (χ0) is 27.6. The molecule has 1 aliphatic heterocycles. The van der Waals surface area contributed by atoms with Gasteiger partial charge >= 0.3 is 0 Å². The zero-order valence-corrected chi connectivity index (χ0v) is 22.8. The number of fused-ring (bicyclic) bond motifs is 6. The highest BCUT2D eigenvalue weighted by Crippen LogP contribution is 2.46. The maximum Gasteiger partial charge on any atom is 0.269 e. The highest BCUT2D eigenvalue weighted by molar-refractivity contribution is 7.93. The van der Waals surface area contributed by atoms with E-state index in [0.717, 1.165) is 39.0 Å². The largest absolute Gasteiger partial charge is 0.309 e. The minimum absolute atomic E-state index is 0.322. The average Bonchev–Trinajstić information content (AvgIpc) is 3.36. The maximum atomic E-state index is 13.8. The fourth-order valence-electron chi connectivity index (χ4n) is 6.10. The first-order valence-corrected chi connectivity index (χ1v) is 15.0. The van der Waals surface area contributed by atoms with E-state index in [9.17, 15) is 8.42 Å². The van der Waals surface area contributed by atoms with Gasteiger partial charge in [-0.2, -0.15) is 0 Å². The standard InChI is InChI=1S/C36H24N2O2S/c39-41(40)36-17-9-6-14-31(36)29-12-5-8-16-35(29)38(41)28-21-18-25(19-22-28)26-20-23-34-32(24-26)30-13-4-7-15-33(30)37(34)27-10-2-1-3-11-27/h1-24H. The molecule has 6 aromatic carbocycles. The van der Waals surface area contributed by atoms with Crippen molar-refractivity contribution in [2.45, 2.75) is 4.90 Å². The molecule has 0 aliphatic carbocycles. The molecule has 2 heterocycles. The van der Waals surface area contributed by atoms with Crippen molar-refractivity contribution in [3.05, 3.63) is 146 Å². The van der Waals surface area contributed by atoms with Crippen LogP contribution in [0, 0.1) is 0 Å². The minimum Gasteiger partial charge on any atom is -0.309 e. The Morgan fingerprint density at radius 1 is 0.463 bits per heavy atom. The Bertz CT molecular complexity index is 2220. The Kier molecular flexibility index (Phi) is 5.18. The summed E-state index contributed by atoms with van der Waals surface area (Å²) in [5.74, 6) is 0. The fourth-order valence-corrected chi connectivity index (χ4v) is 7.82. The van der Waals surface area contributed by atoms with Crippen LogP contribution in [-0.2, 0) is 10.0 Å². The fraction of sp³-hybridized carbons (Fsp3) is 0. The van der Waals surface area contributed by atoms with Gasteiger partial charge in [0.25, 0.3) is 10.0 Å². The van der Waals surface area contributed by atoms with Crippen LogP contribution in [0.25, 0.3) is 49.7 Å². The van der Waals surface area contributed by atoms with Crippen LogP contribution >= 0.6 is 0 Å². The minimum atomic E-state index is -3.77. The summed E-state index contributed by atoms with van der Waals surface area (Å²) in [7, 11) is -3.77. The maximum absolute atomic E-state index is 13.8. The van der Waals surface area contributed by atoms with Crippen LogP contribution in [-0.4, -0.2) is 13.0 Å². The third-order valence-electron chi connectivity index (χ3n) is 7.94. The molecule has 196 valence electrons. The van der Waals surface area contributed by atoms with Crippen molar-refractivity contribution >= 4 is 43.2 Å². The lowest BCUT2D eigenvalue weighted by Gasteiger charge is -2.32. The molecule has 0 radical (unpaired) electrons. The lowest BCUT2D eigenvalue weighted by molar-refractivity contribution is 0.596. The molecule has 5 heteroatoms.